The number of rotatable bonds is 3. The topological polar surface area (TPSA) is 40.6 Å². The first kappa shape index (κ1) is 15.9. The predicted octanol–water partition coefficient (Wildman–Crippen LogP) is 3.01. The fourth-order valence-electron chi connectivity index (χ4n) is 3.99. The van der Waals surface area contributed by atoms with Gasteiger partial charge in [0.2, 0.25) is 11.8 Å². The van der Waals surface area contributed by atoms with Crippen LogP contribution in [0.4, 0.5) is 5.69 Å². The van der Waals surface area contributed by atoms with E-state index in [0.29, 0.717) is 19.5 Å². The van der Waals surface area contributed by atoms with Gasteiger partial charge in [-0.25, -0.2) is 0 Å². The van der Waals surface area contributed by atoms with Crippen LogP contribution in [-0.2, 0) is 22.6 Å². The molecule has 1 fully saturated rings. The Hall–Kier alpha value is -2.62. The third-order valence-corrected chi connectivity index (χ3v) is 5.22. The summed E-state index contributed by atoms with van der Waals surface area (Å²) in [5.41, 5.74) is 3.33. The smallest absolute Gasteiger partial charge is 0.232 e. The molecule has 0 aliphatic carbocycles. The van der Waals surface area contributed by atoms with Crippen LogP contribution in [0.15, 0.2) is 54.6 Å². The lowest BCUT2D eigenvalue weighted by Gasteiger charge is -2.26. The molecule has 2 aromatic rings. The Morgan fingerprint density at radius 3 is 2.56 bits per heavy atom. The Kier molecular flexibility index (Phi) is 4.04. The van der Waals surface area contributed by atoms with Crippen LogP contribution in [0.2, 0.25) is 0 Å². The molecular formula is C21H22N2O2. The minimum Gasteiger partial charge on any atom is -0.338 e. The zero-order valence-electron chi connectivity index (χ0n) is 14.4. The first-order valence-corrected chi connectivity index (χ1v) is 8.86. The van der Waals surface area contributed by atoms with E-state index in [2.05, 4.69) is 13.0 Å². The molecule has 0 spiro atoms. The van der Waals surface area contributed by atoms with Crippen molar-refractivity contribution in [2.45, 2.75) is 32.4 Å². The molecule has 0 radical (unpaired) electrons. The first-order chi connectivity index (χ1) is 12.1. The van der Waals surface area contributed by atoms with E-state index in [1.54, 1.807) is 0 Å². The maximum atomic E-state index is 13.1. The molecule has 0 saturated carbocycles. The molecule has 1 saturated heterocycles. The van der Waals surface area contributed by atoms with Gasteiger partial charge in [-0.3, -0.25) is 9.59 Å². The van der Waals surface area contributed by atoms with Crippen LogP contribution >= 0.6 is 0 Å². The Morgan fingerprint density at radius 1 is 1.04 bits per heavy atom. The number of hydrogen-bond donors (Lipinski definition) is 0. The van der Waals surface area contributed by atoms with E-state index < -0.39 is 0 Å². The third-order valence-electron chi connectivity index (χ3n) is 5.22. The Morgan fingerprint density at radius 2 is 1.76 bits per heavy atom. The van der Waals surface area contributed by atoms with Gasteiger partial charge in [-0.15, -0.1) is 0 Å². The number of fused-ring (bicyclic) bond motifs is 1. The standard InChI is InChI=1S/C21H22N2O2/c1-15-11-17-9-5-6-10-19(17)23(15)21(25)18-12-20(24)22(14-18)13-16-7-3-2-4-8-16/h2-10,15,18H,11-14H2,1H3. The van der Waals surface area contributed by atoms with E-state index in [-0.39, 0.29) is 23.8 Å². The lowest BCUT2D eigenvalue weighted by atomic mass is 10.1. The van der Waals surface area contributed by atoms with Gasteiger partial charge in [0.1, 0.15) is 0 Å². The molecule has 128 valence electrons. The summed E-state index contributed by atoms with van der Waals surface area (Å²) in [4.78, 5) is 29.2. The number of likely N-dealkylation sites (tertiary alicyclic amines) is 1. The number of benzene rings is 2. The molecule has 2 amide bonds. The van der Waals surface area contributed by atoms with Crippen molar-refractivity contribution in [1.29, 1.82) is 0 Å². The molecule has 4 rings (SSSR count). The van der Waals surface area contributed by atoms with E-state index in [0.717, 1.165) is 17.7 Å². The van der Waals surface area contributed by atoms with Gasteiger partial charge in [0, 0.05) is 31.2 Å². The normalized spacial score (nSPS) is 22.4. The number of carbonyl (C=O) groups is 2. The molecule has 0 N–H and O–H groups in total. The molecule has 2 atom stereocenters. The van der Waals surface area contributed by atoms with Gasteiger partial charge in [0.25, 0.3) is 0 Å². The molecular weight excluding hydrogens is 312 g/mol. The molecule has 2 heterocycles. The number of carbonyl (C=O) groups excluding carboxylic acids is 2. The van der Waals surface area contributed by atoms with Gasteiger partial charge >= 0.3 is 0 Å². The fraction of sp³-hybridized carbons (Fsp3) is 0.333. The number of para-hydroxylation sites is 1. The molecule has 4 nitrogen and oxygen atoms in total. The van der Waals surface area contributed by atoms with Crippen molar-refractivity contribution in [3.63, 3.8) is 0 Å². The van der Waals surface area contributed by atoms with Gasteiger partial charge in [-0.1, -0.05) is 48.5 Å². The maximum absolute atomic E-state index is 13.1. The Bertz CT molecular complexity index is 803. The minimum atomic E-state index is -0.246. The Labute approximate surface area is 148 Å². The molecule has 4 heteroatoms. The van der Waals surface area contributed by atoms with Crippen LogP contribution < -0.4 is 4.90 Å². The third kappa shape index (κ3) is 2.93. The highest BCUT2D eigenvalue weighted by molar-refractivity contribution is 6.01. The number of nitrogens with zero attached hydrogens (tertiary/aromatic N) is 2. The minimum absolute atomic E-state index is 0.0716. The van der Waals surface area contributed by atoms with Crippen molar-refractivity contribution in [1.82, 2.24) is 4.90 Å². The summed E-state index contributed by atoms with van der Waals surface area (Å²) < 4.78 is 0. The quantitative estimate of drug-likeness (QED) is 0.866. The van der Waals surface area contributed by atoms with Gasteiger partial charge in [0.15, 0.2) is 0 Å². The van der Waals surface area contributed by atoms with Crippen molar-refractivity contribution in [3.05, 3.63) is 65.7 Å². The molecule has 25 heavy (non-hydrogen) atoms. The van der Waals surface area contributed by atoms with Gasteiger partial charge in [-0.2, -0.15) is 0 Å². The van der Waals surface area contributed by atoms with Crippen molar-refractivity contribution in [2.24, 2.45) is 5.92 Å². The average Bonchev–Trinajstić information content (AvgIpc) is 3.15. The molecule has 2 aliphatic heterocycles. The van der Waals surface area contributed by atoms with Crippen molar-refractivity contribution >= 4 is 17.5 Å². The van der Waals surface area contributed by atoms with E-state index in [1.807, 2.05) is 58.3 Å². The summed E-state index contributed by atoms with van der Waals surface area (Å²) in [5.74, 6) is -0.0893. The first-order valence-electron chi connectivity index (χ1n) is 8.86. The molecule has 0 bridgehead atoms. The molecule has 2 unspecified atom stereocenters. The summed E-state index contributed by atoms with van der Waals surface area (Å²) in [6.45, 7) is 3.17. The summed E-state index contributed by atoms with van der Waals surface area (Å²) in [6, 6.07) is 18.2. The average molecular weight is 334 g/mol. The number of amides is 2. The summed E-state index contributed by atoms with van der Waals surface area (Å²) >= 11 is 0. The predicted molar refractivity (Wildman–Crippen MR) is 97.1 cm³/mol. The summed E-state index contributed by atoms with van der Waals surface area (Å²) in [6.07, 6.45) is 1.20. The van der Waals surface area contributed by atoms with E-state index in [1.165, 1.54) is 5.56 Å². The number of anilines is 1. The van der Waals surface area contributed by atoms with Crippen LogP contribution in [0.1, 0.15) is 24.5 Å². The van der Waals surface area contributed by atoms with Gasteiger partial charge in [-0.05, 0) is 30.5 Å². The molecule has 2 aromatic carbocycles. The second-order valence-electron chi connectivity index (χ2n) is 7.05. The summed E-state index contributed by atoms with van der Waals surface area (Å²) in [7, 11) is 0. The van der Waals surface area contributed by atoms with Crippen LogP contribution in [-0.4, -0.2) is 29.3 Å². The zero-order chi connectivity index (χ0) is 17.4. The van der Waals surface area contributed by atoms with Gasteiger partial charge in [0.05, 0.1) is 5.92 Å². The van der Waals surface area contributed by atoms with Crippen molar-refractivity contribution in [3.8, 4) is 0 Å². The molecule has 0 aromatic heterocycles. The van der Waals surface area contributed by atoms with E-state index in [9.17, 15) is 9.59 Å². The zero-order valence-corrected chi connectivity index (χ0v) is 14.4. The second kappa shape index (κ2) is 6.36. The van der Waals surface area contributed by atoms with Gasteiger partial charge < -0.3 is 9.80 Å². The second-order valence-corrected chi connectivity index (χ2v) is 7.05. The van der Waals surface area contributed by atoms with E-state index >= 15 is 0 Å². The van der Waals surface area contributed by atoms with Crippen LogP contribution in [0.5, 0.6) is 0 Å². The highest BCUT2D eigenvalue weighted by Gasteiger charge is 2.40. The lowest BCUT2D eigenvalue weighted by Crippen LogP contribution is -2.41. The summed E-state index contributed by atoms with van der Waals surface area (Å²) in [5, 5.41) is 0. The van der Waals surface area contributed by atoms with Crippen LogP contribution in [0, 0.1) is 5.92 Å². The van der Waals surface area contributed by atoms with E-state index in [4.69, 9.17) is 0 Å². The maximum Gasteiger partial charge on any atom is 0.232 e. The van der Waals surface area contributed by atoms with Crippen molar-refractivity contribution in [2.75, 3.05) is 11.4 Å². The monoisotopic (exact) mass is 334 g/mol. The largest absolute Gasteiger partial charge is 0.338 e. The highest BCUT2D eigenvalue weighted by Crippen LogP contribution is 2.34. The molecule has 2 aliphatic rings. The van der Waals surface area contributed by atoms with Crippen LogP contribution in [0.3, 0.4) is 0 Å². The SMILES string of the molecule is CC1Cc2ccccc2N1C(=O)C1CC(=O)N(Cc2ccccc2)C1. The van der Waals surface area contributed by atoms with Crippen molar-refractivity contribution < 1.29 is 9.59 Å². The lowest BCUT2D eigenvalue weighted by molar-refractivity contribution is -0.129. The number of hydrogen-bond acceptors (Lipinski definition) is 2. The van der Waals surface area contributed by atoms with Crippen LogP contribution in [0.25, 0.3) is 0 Å². The highest BCUT2D eigenvalue weighted by atomic mass is 16.2. The Balaban J connectivity index is 1.49. The fourth-order valence-corrected chi connectivity index (χ4v) is 3.99.